The maximum atomic E-state index is 5.05. The molecule has 0 spiro atoms. The van der Waals surface area contributed by atoms with Crippen LogP contribution in [0.2, 0.25) is 0 Å². The van der Waals surface area contributed by atoms with E-state index < -0.39 is 0 Å². The van der Waals surface area contributed by atoms with Gasteiger partial charge in [0.15, 0.2) is 0 Å². The van der Waals surface area contributed by atoms with E-state index in [9.17, 15) is 0 Å². The molecule has 0 aromatic heterocycles. The Morgan fingerprint density at radius 1 is 1.09 bits per heavy atom. The van der Waals surface area contributed by atoms with E-state index in [0.29, 0.717) is 5.75 Å². The molecule has 0 saturated carbocycles. The van der Waals surface area contributed by atoms with E-state index in [1.807, 2.05) is 12.1 Å². The molecular formula is C7H8OS3. The van der Waals surface area contributed by atoms with Gasteiger partial charge in [-0.2, -0.15) is 0 Å². The lowest BCUT2D eigenvalue weighted by atomic mass is 10.3. The summed E-state index contributed by atoms with van der Waals surface area (Å²) in [6.07, 6.45) is 0. The summed E-state index contributed by atoms with van der Waals surface area (Å²) in [6.45, 7) is 0. The van der Waals surface area contributed by atoms with Crippen molar-refractivity contribution in [3.05, 3.63) is 12.1 Å². The van der Waals surface area contributed by atoms with E-state index in [0.717, 1.165) is 14.7 Å². The zero-order valence-corrected chi connectivity index (χ0v) is 8.59. The van der Waals surface area contributed by atoms with E-state index in [2.05, 4.69) is 37.9 Å². The second kappa shape index (κ2) is 3.65. The summed E-state index contributed by atoms with van der Waals surface area (Å²) >= 11 is 12.6. The molecule has 60 valence electrons. The van der Waals surface area contributed by atoms with Gasteiger partial charge in [0.25, 0.3) is 0 Å². The van der Waals surface area contributed by atoms with Crippen molar-refractivity contribution in [1.29, 1.82) is 0 Å². The fourth-order valence-electron chi connectivity index (χ4n) is 0.751. The molecule has 4 heteroatoms. The van der Waals surface area contributed by atoms with Gasteiger partial charge in [-0.15, -0.1) is 37.9 Å². The van der Waals surface area contributed by atoms with Crippen molar-refractivity contribution >= 4 is 37.9 Å². The molecule has 0 heterocycles. The SMILES string of the molecule is COc1c(S)ccc(S)c1S. The number of ether oxygens (including phenoxy) is 1. The minimum Gasteiger partial charge on any atom is -0.494 e. The van der Waals surface area contributed by atoms with Crippen molar-refractivity contribution in [3.8, 4) is 5.75 Å². The Hall–Kier alpha value is 0.0700. The fraction of sp³-hybridized carbons (Fsp3) is 0.143. The molecule has 0 radical (unpaired) electrons. The average Bonchev–Trinajstić information content (AvgIpc) is 1.99. The van der Waals surface area contributed by atoms with Gasteiger partial charge >= 0.3 is 0 Å². The number of hydrogen-bond donors (Lipinski definition) is 3. The van der Waals surface area contributed by atoms with Crippen LogP contribution >= 0.6 is 37.9 Å². The predicted molar refractivity (Wildman–Crippen MR) is 54.8 cm³/mol. The largest absolute Gasteiger partial charge is 0.494 e. The predicted octanol–water partition coefficient (Wildman–Crippen LogP) is 2.56. The topological polar surface area (TPSA) is 9.23 Å². The molecular weight excluding hydrogens is 196 g/mol. The monoisotopic (exact) mass is 204 g/mol. The van der Waals surface area contributed by atoms with Crippen LogP contribution in [0.15, 0.2) is 26.8 Å². The van der Waals surface area contributed by atoms with Crippen molar-refractivity contribution < 1.29 is 4.74 Å². The third-order valence-electron chi connectivity index (χ3n) is 1.29. The van der Waals surface area contributed by atoms with Crippen molar-refractivity contribution in [2.45, 2.75) is 14.7 Å². The molecule has 0 fully saturated rings. The quantitative estimate of drug-likeness (QED) is 0.596. The Bertz CT molecular complexity index is 273. The van der Waals surface area contributed by atoms with E-state index >= 15 is 0 Å². The van der Waals surface area contributed by atoms with Crippen molar-refractivity contribution in [2.24, 2.45) is 0 Å². The molecule has 0 aliphatic carbocycles. The van der Waals surface area contributed by atoms with E-state index in [-0.39, 0.29) is 0 Å². The van der Waals surface area contributed by atoms with Crippen molar-refractivity contribution in [3.63, 3.8) is 0 Å². The standard InChI is InChI=1S/C7H8OS3/c1-8-6-4(9)2-3-5(10)7(6)11/h2-3,9-11H,1H3. The molecule has 0 bridgehead atoms. The lowest BCUT2D eigenvalue weighted by Crippen LogP contribution is -1.87. The Morgan fingerprint density at radius 2 is 1.64 bits per heavy atom. The Morgan fingerprint density at radius 3 is 2.09 bits per heavy atom. The van der Waals surface area contributed by atoms with Crippen LogP contribution in [0.4, 0.5) is 0 Å². The third-order valence-corrected chi connectivity index (χ3v) is 2.64. The Labute approximate surface area is 82.4 Å². The Kier molecular flexibility index (Phi) is 3.04. The van der Waals surface area contributed by atoms with Crippen LogP contribution in [0.25, 0.3) is 0 Å². The Balaban J connectivity index is 3.29. The highest BCUT2D eigenvalue weighted by molar-refractivity contribution is 7.83. The highest BCUT2D eigenvalue weighted by Crippen LogP contribution is 2.34. The lowest BCUT2D eigenvalue weighted by Gasteiger charge is -2.07. The molecule has 11 heavy (non-hydrogen) atoms. The number of thiol groups is 3. The van der Waals surface area contributed by atoms with Crippen LogP contribution < -0.4 is 4.74 Å². The average molecular weight is 204 g/mol. The van der Waals surface area contributed by atoms with Gasteiger partial charge in [-0.05, 0) is 12.1 Å². The summed E-state index contributed by atoms with van der Waals surface area (Å²) in [5, 5.41) is 0. The van der Waals surface area contributed by atoms with Gasteiger partial charge in [-0.25, -0.2) is 0 Å². The van der Waals surface area contributed by atoms with Gasteiger partial charge < -0.3 is 4.74 Å². The van der Waals surface area contributed by atoms with E-state index in [4.69, 9.17) is 4.74 Å². The molecule has 0 N–H and O–H groups in total. The molecule has 0 atom stereocenters. The third kappa shape index (κ3) is 1.80. The molecule has 0 amide bonds. The minimum atomic E-state index is 0.671. The number of hydrogen-bond acceptors (Lipinski definition) is 4. The van der Waals surface area contributed by atoms with Crippen LogP contribution in [0.5, 0.6) is 5.75 Å². The summed E-state index contributed by atoms with van der Waals surface area (Å²) < 4.78 is 5.05. The zero-order chi connectivity index (χ0) is 8.43. The van der Waals surface area contributed by atoms with Crippen LogP contribution in [0.3, 0.4) is 0 Å². The zero-order valence-electron chi connectivity index (χ0n) is 5.90. The first-order chi connectivity index (χ1) is 5.16. The molecule has 0 unspecified atom stereocenters. The smallest absolute Gasteiger partial charge is 0.146 e. The van der Waals surface area contributed by atoms with Crippen molar-refractivity contribution in [2.75, 3.05) is 7.11 Å². The molecule has 1 rings (SSSR count). The maximum absolute atomic E-state index is 5.05. The normalized spacial score (nSPS) is 9.82. The summed E-state index contributed by atoms with van der Waals surface area (Å²) in [6, 6.07) is 3.65. The maximum Gasteiger partial charge on any atom is 0.146 e. The summed E-state index contributed by atoms with van der Waals surface area (Å²) in [4.78, 5) is 2.29. The molecule has 0 aliphatic heterocycles. The van der Waals surface area contributed by atoms with Gasteiger partial charge in [-0.1, -0.05) is 0 Å². The van der Waals surface area contributed by atoms with Crippen LogP contribution in [0, 0.1) is 0 Å². The second-order valence-electron chi connectivity index (χ2n) is 1.99. The highest BCUT2D eigenvalue weighted by Gasteiger charge is 2.05. The van der Waals surface area contributed by atoms with E-state index in [1.165, 1.54) is 0 Å². The van der Waals surface area contributed by atoms with Gasteiger partial charge in [0, 0.05) is 9.79 Å². The molecule has 0 aliphatic rings. The first-order valence-electron chi connectivity index (χ1n) is 2.94. The van der Waals surface area contributed by atoms with Crippen LogP contribution in [-0.4, -0.2) is 7.11 Å². The number of methoxy groups -OCH3 is 1. The number of benzene rings is 1. The van der Waals surface area contributed by atoms with Crippen LogP contribution in [-0.2, 0) is 0 Å². The molecule has 1 nitrogen and oxygen atoms in total. The molecule has 1 aromatic carbocycles. The van der Waals surface area contributed by atoms with Gasteiger partial charge in [0.1, 0.15) is 5.75 Å². The first kappa shape index (κ1) is 9.16. The van der Waals surface area contributed by atoms with Crippen LogP contribution in [0.1, 0.15) is 0 Å². The fourth-order valence-corrected chi connectivity index (χ4v) is 1.58. The van der Waals surface area contributed by atoms with Gasteiger partial charge in [0.2, 0.25) is 0 Å². The first-order valence-corrected chi connectivity index (χ1v) is 4.29. The lowest BCUT2D eigenvalue weighted by molar-refractivity contribution is 0.392. The summed E-state index contributed by atoms with van der Waals surface area (Å²) in [7, 11) is 1.59. The highest BCUT2D eigenvalue weighted by atomic mass is 32.1. The second-order valence-corrected chi connectivity index (χ2v) is 3.40. The summed E-state index contributed by atoms with van der Waals surface area (Å²) in [5.41, 5.74) is 0. The minimum absolute atomic E-state index is 0.671. The van der Waals surface area contributed by atoms with Gasteiger partial charge in [0.05, 0.1) is 12.0 Å². The van der Waals surface area contributed by atoms with E-state index in [1.54, 1.807) is 7.11 Å². The number of rotatable bonds is 1. The molecule has 0 saturated heterocycles. The van der Waals surface area contributed by atoms with Gasteiger partial charge in [-0.3, -0.25) is 0 Å². The molecule has 1 aromatic rings. The van der Waals surface area contributed by atoms with Crippen molar-refractivity contribution in [1.82, 2.24) is 0 Å². The summed E-state index contributed by atoms with van der Waals surface area (Å²) in [5.74, 6) is 0.671.